The van der Waals surface area contributed by atoms with Crippen LogP contribution >= 0.6 is 0 Å². The van der Waals surface area contributed by atoms with Gasteiger partial charge >= 0.3 is 0 Å². The molecule has 3 aromatic heterocycles. The van der Waals surface area contributed by atoms with Gasteiger partial charge in [0.25, 0.3) is 17.6 Å². The number of hydrogen-bond donors (Lipinski definition) is 4. The Kier molecular flexibility index (Phi) is 21.3. The molecule has 0 saturated carbocycles. The number of rotatable bonds is 29. The fourth-order valence-corrected chi connectivity index (χ4v) is 8.66. The van der Waals surface area contributed by atoms with Crippen molar-refractivity contribution in [3.63, 3.8) is 0 Å². The van der Waals surface area contributed by atoms with Gasteiger partial charge in [0.05, 0.1) is 101 Å². The minimum absolute atomic E-state index is 0.0949. The highest BCUT2D eigenvalue weighted by atomic mass is 16.6. The third-order valence-corrected chi connectivity index (χ3v) is 12.7. The second-order valence-corrected chi connectivity index (χ2v) is 17.2. The Bertz CT molecular complexity index is 2400. The average molecular weight is 967 g/mol. The summed E-state index contributed by atoms with van der Waals surface area (Å²) in [7, 11) is 1.44. The number of methoxy groups -OCH3 is 1. The molecule has 4 aromatic rings. The molecule has 2 aliphatic heterocycles. The fourth-order valence-electron chi connectivity index (χ4n) is 8.66. The standard InChI is InChI=1S/C50H66N10O10/c1-3-24-67-26-28-69-30-31-70-29-27-68-25-23-58-21-19-57(20-22-58)16-8-14-50(35-61,36-62)13-7-15-52-48(64)46-55-37-60(56-46)47-44-43(42(66-2)34-54-47)41(33-53-44)45(63)49(65)59-17-11-39(12-18-59)40(32-51)38-9-5-4-6-10-38/h1,4-6,9-10,33-34,37,53,61-62H,7-8,11-31,35-36H2,2H3,(H,52,64). The van der Waals surface area contributed by atoms with E-state index < -0.39 is 23.0 Å². The van der Waals surface area contributed by atoms with Crippen molar-refractivity contribution in [2.24, 2.45) is 5.41 Å². The number of hydrogen-bond acceptors (Lipinski definition) is 16. The molecular formula is C50H66N10O10. The number of ether oxygens (including phenoxy) is 5. The van der Waals surface area contributed by atoms with Gasteiger partial charge in [-0.25, -0.2) is 9.97 Å². The third kappa shape index (κ3) is 14.7. The van der Waals surface area contributed by atoms with Gasteiger partial charge < -0.3 is 54.0 Å². The van der Waals surface area contributed by atoms with Gasteiger partial charge in [0, 0.05) is 64.0 Å². The normalized spacial score (nSPS) is 14.6. The topological polar surface area (TPSA) is 243 Å². The van der Waals surface area contributed by atoms with Crippen LogP contribution < -0.4 is 10.1 Å². The molecule has 376 valence electrons. The number of nitrogens with zero attached hydrogens (tertiary/aromatic N) is 8. The first-order valence-electron chi connectivity index (χ1n) is 23.9. The van der Waals surface area contributed by atoms with Crippen molar-refractivity contribution in [3.05, 3.63) is 71.6 Å². The number of H-pyrrole nitrogens is 1. The van der Waals surface area contributed by atoms with Crippen molar-refractivity contribution < 1.29 is 48.3 Å². The van der Waals surface area contributed by atoms with Crippen LogP contribution in [0.25, 0.3) is 22.3 Å². The van der Waals surface area contributed by atoms with Crippen LogP contribution in [0.5, 0.6) is 5.75 Å². The minimum atomic E-state index is -0.729. The number of aromatic nitrogens is 5. The molecule has 0 bridgehead atoms. The molecule has 0 radical (unpaired) electrons. The first-order valence-corrected chi connectivity index (χ1v) is 23.9. The molecule has 5 heterocycles. The zero-order valence-electron chi connectivity index (χ0n) is 40.1. The molecule has 2 aliphatic rings. The zero-order valence-corrected chi connectivity index (χ0v) is 40.1. The Morgan fingerprint density at radius 3 is 2.14 bits per heavy atom. The summed E-state index contributed by atoms with van der Waals surface area (Å²) in [5.74, 6) is 0.868. The summed E-state index contributed by atoms with van der Waals surface area (Å²) in [6.45, 7) is 9.92. The van der Waals surface area contributed by atoms with Gasteiger partial charge in [0.2, 0.25) is 5.82 Å². The number of likely N-dealkylation sites (tertiary alicyclic amines) is 1. The first-order chi connectivity index (χ1) is 34.2. The molecule has 70 heavy (non-hydrogen) atoms. The number of fused-ring (bicyclic) bond motifs is 1. The molecular weight excluding hydrogens is 901 g/mol. The smallest absolute Gasteiger partial charge is 0.295 e. The van der Waals surface area contributed by atoms with Crippen LogP contribution in [0, 0.1) is 29.1 Å². The van der Waals surface area contributed by atoms with Crippen LogP contribution in [0.4, 0.5) is 0 Å². The van der Waals surface area contributed by atoms with Crippen LogP contribution in [0.2, 0.25) is 0 Å². The first kappa shape index (κ1) is 53.3. The molecule has 2 fully saturated rings. The van der Waals surface area contributed by atoms with Crippen LogP contribution in [0.15, 0.2) is 54.6 Å². The van der Waals surface area contributed by atoms with Crippen molar-refractivity contribution in [2.75, 3.05) is 132 Å². The zero-order chi connectivity index (χ0) is 49.6. The monoisotopic (exact) mass is 966 g/mol. The maximum atomic E-state index is 13.8. The summed E-state index contributed by atoms with van der Waals surface area (Å²) < 4.78 is 28.7. The van der Waals surface area contributed by atoms with E-state index in [1.165, 1.54) is 35.4 Å². The Hall–Kier alpha value is -6.07. The highest BCUT2D eigenvalue weighted by molar-refractivity contribution is 6.45. The number of nitriles is 1. The number of carbonyl (C=O) groups excluding carboxylic acids is 3. The van der Waals surface area contributed by atoms with Gasteiger partial charge in [-0.05, 0) is 56.2 Å². The highest BCUT2D eigenvalue weighted by Gasteiger charge is 2.32. The highest BCUT2D eigenvalue weighted by Crippen LogP contribution is 2.33. The summed E-state index contributed by atoms with van der Waals surface area (Å²) in [6.07, 6.45) is 12.7. The predicted molar refractivity (Wildman–Crippen MR) is 259 cm³/mol. The number of piperidine rings is 1. The molecule has 0 unspecified atom stereocenters. The largest absolute Gasteiger partial charge is 0.494 e. The van der Waals surface area contributed by atoms with Gasteiger partial charge in [-0.3, -0.25) is 19.3 Å². The number of allylic oxidation sites excluding steroid dienone is 1. The number of terminal acetylenes is 1. The summed E-state index contributed by atoms with van der Waals surface area (Å²) in [4.78, 5) is 58.6. The number of Topliss-reactive ketones (excluding diaryl/α,β-unsaturated/α-hetero) is 1. The number of aliphatic hydroxyl groups is 2. The number of aliphatic hydroxyl groups excluding tert-OH is 2. The van der Waals surface area contributed by atoms with E-state index in [4.69, 9.17) is 30.1 Å². The van der Waals surface area contributed by atoms with Crippen molar-refractivity contribution in [3.8, 4) is 30.0 Å². The van der Waals surface area contributed by atoms with Crippen molar-refractivity contribution in [1.82, 2.24) is 44.7 Å². The molecule has 20 heteroatoms. The lowest BCUT2D eigenvalue weighted by Crippen LogP contribution is -2.47. The van der Waals surface area contributed by atoms with E-state index >= 15 is 0 Å². The lowest BCUT2D eigenvalue weighted by Gasteiger charge is -2.36. The van der Waals surface area contributed by atoms with E-state index in [0.29, 0.717) is 108 Å². The second-order valence-electron chi connectivity index (χ2n) is 17.2. The summed E-state index contributed by atoms with van der Waals surface area (Å²) in [5, 5.41) is 38.1. The number of nitrogens with one attached hydrogen (secondary N) is 2. The van der Waals surface area contributed by atoms with E-state index in [1.54, 1.807) is 0 Å². The van der Waals surface area contributed by atoms with Crippen LogP contribution in [-0.4, -0.2) is 199 Å². The van der Waals surface area contributed by atoms with Gasteiger partial charge in [-0.15, -0.1) is 11.5 Å². The van der Waals surface area contributed by atoms with E-state index in [-0.39, 0.29) is 49.3 Å². The Morgan fingerprint density at radius 2 is 1.50 bits per heavy atom. The van der Waals surface area contributed by atoms with Crippen molar-refractivity contribution in [2.45, 2.75) is 38.5 Å². The summed E-state index contributed by atoms with van der Waals surface area (Å²) >= 11 is 0. The SMILES string of the molecule is C#CCOCCOCCOCCOCCN1CCN(CCCC(CO)(CO)CCCNC(=O)c2ncn(-c3ncc(OC)c4c(C(=O)C(=O)N5CCC(=C(C#N)c6ccccc6)CC5)c[nH]c34)n2)CC1. The number of piperazine rings is 1. The van der Waals surface area contributed by atoms with E-state index in [1.807, 2.05) is 30.3 Å². The summed E-state index contributed by atoms with van der Waals surface area (Å²) in [6, 6.07) is 11.7. The molecule has 2 amide bonds. The fraction of sp³-hybridized carbons (Fsp3) is 0.540. The van der Waals surface area contributed by atoms with Gasteiger partial charge in [0.15, 0.2) is 5.82 Å². The molecule has 0 atom stereocenters. The van der Waals surface area contributed by atoms with Gasteiger partial charge in [-0.1, -0.05) is 36.3 Å². The number of pyridine rings is 1. The molecule has 1 aromatic carbocycles. The van der Waals surface area contributed by atoms with Crippen molar-refractivity contribution in [1.29, 1.82) is 5.26 Å². The number of benzene rings is 1. The van der Waals surface area contributed by atoms with Crippen LogP contribution in [0.3, 0.4) is 0 Å². The molecule has 0 spiro atoms. The minimum Gasteiger partial charge on any atom is -0.494 e. The van der Waals surface area contributed by atoms with Gasteiger partial charge in [0.1, 0.15) is 18.7 Å². The predicted octanol–water partition coefficient (Wildman–Crippen LogP) is 2.51. The number of carbonyl (C=O) groups is 3. The Balaban J connectivity index is 0.904. The third-order valence-electron chi connectivity index (χ3n) is 12.7. The molecule has 2 saturated heterocycles. The lowest BCUT2D eigenvalue weighted by atomic mass is 9.80. The van der Waals surface area contributed by atoms with E-state index in [9.17, 15) is 29.9 Å². The average Bonchev–Trinajstić information content (AvgIpc) is 4.08. The Labute approximate surface area is 408 Å². The van der Waals surface area contributed by atoms with E-state index in [0.717, 1.165) is 56.8 Å². The molecule has 4 N–H and O–H groups in total. The second kappa shape index (κ2) is 27.9. The lowest BCUT2D eigenvalue weighted by molar-refractivity contribution is -0.126. The maximum Gasteiger partial charge on any atom is 0.295 e. The van der Waals surface area contributed by atoms with Gasteiger partial charge in [-0.2, -0.15) is 9.94 Å². The van der Waals surface area contributed by atoms with Crippen molar-refractivity contribution >= 4 is 34.1 Å². The number of aromatic amines is 1. The number of ketones is 1. The van der Waals surface area contributed by atoms with Crippen LogP contribution in [0.1, 0.15) is 65.1 Å². The maximum absolute atomic E-state index is 13.8. The quantitative estimate of drug-likeness (QED) is 0.0201. The molecule has 0 aliphatic carbocycles. The summed E-state index contributed by atoms with van der Waals surface area (Å²) in [5.41, 5.74) is 2.13. The molecule has 20 nitrogen and oxygen atoms in total. The Morgan fingerprint density at radius 1 is 0.857 bits per heavy atom. The van der Waals surface area contributed by atoms with Crippen LogP contribution in [-0.2, 0) is 23.7 Å². The molecule has 6 rings (SSSR count). The van der Waals surface area contributed by atoms with E-state index in [2.05, 4.69) is 47.2 Å². The number of amides is 2.